The van der Waals surface area contributed by atoms with E-state index in [9.17, 15) is 14.7 Å². The minimum atomic E-state index is -1.29. The molecule has 8 nitrogen and oxygen atoms in total. The molecule has 3 aliphatic carbocycles. The van der Waals surface area contributed by atoms with Crippen LogP contribution in [0.15, 0.2) is 133 Å². The van der Waals surface area contributed by atoms with E-state index in [1.807, 2.05) is 91.0 Å². The molecule has 1 N–H and O–H groups in total. The predicted molar refractivity (Wildman–Crippen MR) is 218 cm³/mol. The number of amides is 2. The van der Waals surface area contributed by atoms with Crippen LogP contribution < -0.4 is 4.74 Å². The highest BCUT2D eigenvalue weighted by atomic mass is 16.5. The number of methoxy groups -OCH3 is 1. The molecule has 2 saturated heterocycles. The van der Waals surface area contributed by atoms with Crippen LogP contribution in [0.1, 0.15) is 47.9 Å². The van der Waals surface area contributed by atoms with Gasteiger partial charge in [-0.3, -0.25) is 29.0 Å². The molecule has 4 aromatic rings. The maximum atomic E-state index is 15.2. The van der Waals surface area contributed by atoms with E-state index >= 15 is 9.59 Å². The second-order valence-electron chi connectivity index (χ2n) is 16.2. The maximum absolute atomic E-state index is 15.2. The fraction of sp³-hybridized carbons (Fsp3) is 0.306. The summed E-state index contributed by atoms with van der Waals surface area (Å²) in [7, 11) is 1.49. The lowest BCUT2D eigenvalue weighted by Gasteiger charge is -2.54. The number of ketones is 2. The average molecular weight is 759 g/mol. The van der Waals surface area contributed by atoms with Gasteiger partial charge in [0, 0.05) is 43.1 Å². The molecule has 6 unspecified atom stereocenters. The Morgan fingerprint density at radius 2 is 1.51 bits per heavy atom. The number of carbonyl (C=O) groups is 4. The van der Waals surface area contributed by atoms with Crippen molar-refractivity contribution in [1.29, 1.82) is 0 Å². The van der Waals surface area contributed by atoms with Gasteiger partial charge in [0.2, 0.25) is 11.8 Å². The van der Waals surface area contributed by atoms with E-state index < -0.39 is 35.0 Å². The molecule has 8 heteroatoms. The summed E-state index contributed by atoms with van der Waals surface area (Å²) in [6.07, 6.45) is 9.65. The molecule has 57 heavy (non-hydrogen) atoms. The second kappa shape index (κ2) is 14.9. The Morgan fingerprint density at radius 3 is 2.21 bits per heavy atom. The first-order valence-corrected chi connectivity index (χ1v) is 20.1. The van der Waals surface area contributed by atoms with Gasteiger partial charge in [0.15, 0.2) is 23.1 Å². The highest BCUT2D eigenvalue weighted by molar-refractivity contribution is 6.31. The van der Waals surface area contributed by atoms with Gasteiger partial charge in [-0.25, -0.2) is 0 Å². The summed E-state index contributed by atoms with van der Waals surface area (Å²) in [5.41, 5.74) is 3.42. The number of hydrogen-bond acceptors (Lipinski definition) is 7. The van der Waals surface area contributed by atoms with Crippen LogP contribution in [0.2, 0.25) is 0 Å². The van der Waals surface area contributed by atoms with Crippen molar-refractivity contribution in [1.82, 2.24) is 9.80 Å². The van der Waals surface area contributed by atoms with Crippen molar-refractivity contribution >= 4 is 35.0 Å². The van der Waals surface area contributed by atoms with Gasteiger partial charge in [0.1, 0.15) is 0 Å². The van der Waals surface area contributed by atoms with Crippen molar-refractivity contribution in [2.45, 2.75) is 43.7 Å². The standard InChI is InChI=1S/C49H46N2O6/c1-57-43-27-31(18-22-42(43)52)17-21-40-36-19-20-37-45(48(56)51(47(37)55)35-23-25-50(26-24-35)30-32-11-5-2-6-12-32)39(36)28-41-46(54)38(33-13-7-3-8-14-33)29-44(53)49(40,41)34-15-9-4-10-16-34/h2-19,21-22,27,29,35,37,39-41,45,52H,20,23-26,28,30H2,1H3. The molecule has 2 aliphatic heterocycles. The van der Waals surface area contributed by atoms with Crippen LogP contribution >= 0.6 is 0 Å². The summed E-state index contributed by atoms with van der Waals surface area (Å²) in [6.45, 7) is 2.42. The van der Waals surface area contributed by atoms with Gasteiger partial charge >= 0.3 is 0 Å². The number of carbonyl (C=O) groups excluding carboxylic acids is 4. The van der Waals surface area contributed by atoms with Crippen molar-refractivity contribution in [3.8, 4) is 11.5 Å². The summed E-state index contributed by atoms with van der Waals surface area (Å²) in [6, 6.07) is 34.2. The smallest absolute Gasteiger partial charge is 0.233 e. The van der Waals surface area contributed by atoms with E-state index in [1.54, 1.807) is 23.1 Å². The highest BCUT2D eigenvalue weighted by Gasteiger charge is 2.65. The number of likely N-dealkylation sites (tertiary alicyclic amines) is 2. The lowest BCUT2D eigenvalue weighted by atomic mass is 9.45. The number of piperidine rings is 1. The quantitative estimate of drug-likeness (QED) is 0.147. The first-order valence-electron chi connectivity index (χ1n) is 20.1. The molecule has 5 aliphatic rings. The van der Waals surface area contributed by atoms with Crippen LogP contribution in [-0.4, -0.2) is 64.5 Å². The van der Waals surface area contributed by atoms with E-state index in [0.717, 1.165) is 36.3 Å². The lowest BCUT2D eigenvalue weighted by molar-refractivity contribution is -0.144. The number of imide groups is 1. The molecule has 0 aromatic heterocycles. The molecule has 4 aromatic carbocycles. The number of fused-ring (bicyclic) bond motifs is 4. The fourth-order valence-corrected chi connectivity index (χ4v) is 10.7. The molecule has 0 bridgehead atoms. The second-order valence-corrected chi connectivity index (χ2v) is 16.2. The largest absolute Gasteiger partial charge is 0.504 e. The molecule has 0 spiro atoms. The predicted octanol–water partition coefficient (Wildman–Crippen LogP) is 7.44. The molecule has 3 fully saturated rings. The summed E-state index contributed by atoms with van der Waals surface area (Å²) >= 11 is 0. The summed E-state index contributed by atoms with van der Waals surface area (Å²) in [4.78, 5) is 63.5. The van der Waals surface area contributed by atoms with Gasteiger partial charge in [0.25, 0.3) is 0 Å². The van der Waals surface area contributed by atoms with Crippen molar-refractivity contribution in [3.05, 3.63) is 155 Å². The molecule has 0 radical (unpaired) electrons. The van der Waals surface area contributed by atoms with Gasteiger partial charge in [-0.15, -0.1) is 0 Å². The van der Waals surface area contributed by atoms with E-state index in [-0.39, 0.29) is 41.6 Å². The van der Waals surface area contributed by atoms with Crippen molar-refractivity contribution < 1.29 is 29.0 Å². The van der Waals surface area contributed by atoms with Crippen LogP contribution in [-0.2, 0) is 31.1 Å². The summed E-state index contributed by atoms with van der Waals surface area (Å²) in [5.74, 6) is -3.16. The van der Waals surface area contributed by atoms with E-state index in [1.165, 1.54) is 18.7 Å². The topological polar surface area (TPSA) is 104 Å². The van der Waals surface area contributed by atoms with Crippen LogP contribution in [0.25, 0.3) is 11.6 Å². The lowest BCUT2D eigenvalue weighted by Crippen LogP contribution is -2.59. The van der Waals surface area contributed by atoms with Gasteiger partial charge in [0.05, 0.1) is 24.4 Å². The molecular weight excluding hydrogens is 713 g/mol. The third-order valence-electron chi connectivity index (χ3n) is 13.3. The number of nitrogens with zero attached hydrogens (tertiary/aromatic N) is 2. The molecule has 6 atom stereocenters. The maximum Gasteiger partial charge on any atom is 0.233 e. The van der Waals surface area contributed by atoms with Gasteiger partial charge < -0.3 is 9.84 Å². The van der Waals surface area contributed by atoms with Crippen LogP contribution in [0.4, 0.5) is 0 Å². The minimum Gasteiger partial charge on any atom is -0.504 e. The number of phenolic OH excluding ortho intramolecular Hbond substituents is 1. The van der Waals surface area contributed by atoms with Crippen molar-refractivity contribution in [2.24, 2.45) is 29.6 Å². The zero-order valence-electron chi connectivity index (χ0n) is 32.0. The van der Waals surface area contributed by atoms with E-state index in [4.69, 9.17) is 4.74 Å². The summed E-state index contributed by atoms with van der Waals surface area (Å²) in [5, 5.41) is 10.3. The Balaban J connectivity index is 1.11. The molecule has 1 saturated carbocycles. The zero-order valence-corrected chi connectivity index (χ0v) is 32.0. The Kier molecular flexibility index (Phi) is 9.61. The average Bonchev–Trinajstić information content (AvgIpc) is 3.51. The Hall–Kier alpha value is -5.86. The van der Waals surface area contributed by atoms with Gasteiger partial charge in [-0.1, -0.05) is 121 Å². The third kappa shape index (κ3) is 6.18. The first kappa shape index (κ1) is 36.8. The molecule has 2 heterocycles. The minimum absolute atomic E-state index is 0.0108. The fourth-order valence-electron chi connectivity index (χ4n) is 10.7. The van der Waals surface area contributed by atoms with Crippen molar-refractivity contribution in [3.63, 3.8) is 0 Å². The first-order chi connectivity index (χ1) is 27.8. The van der Waals surface area contributed by atoms with Crippen LogP contribution in [0, 0.1) is 29.6 Å². The number of aromatic hydroxyl groups is 1. The Morgan fingerprint density at radius 1 is 0.825 bits per heavy atom. The van der Waals surface area contributed by atoms with Gasteiger partial charge in [-0.05, 0) is 72.1 Å². The van der Waals surface area contributed by atoms with Gasteiger partial charge in [-0.2, -0.15) is 0 Å². The zero-order chi connectivity index (χ0) is 39.3. The molecule has 288 valence electrons. The number of hydrogen-bond donors (Lipinski definition) is 1. The Bertz CT molecular complexity index is 2310. The number of benzene rings is 4. The van der Waals surface area contributed by atoms with E-state index in [2.05, 4.69) is 23.1 Å². The number of rotatable bonds is 8. The number of Topliss-reactive ketones (excluding diaryl/α,β-unsaturated/α-hetero) is 1. The van der Waals surface area contributed by atoms with Crippen LogP contribution in [0.5, 0.6) is 11.5 Å². The SMILES string of the molecule is COc1cc(C=CC2C3=CCC4C(=O)N(C5CCN(Cc6ccccc6)CC5)C(=O)C4C3CC3C(=O)C(c4ccccc4)=CC(=O)C23c2ccccc2)ccc1O. The molecule has 9 rings (SSSR count). The number of phenols is 1. The normalized spacial score (nSPS) is 27.8. The monoisotopic (exact) mass is 758 g/mol. The van der Waals surface area contributed by atoms with Crippen molar-refractivity contribution in [2.75, 3.05) is 20.2 Å². The molecular formula is C49H46N2O6. The highest BCUT2D eigenvalue weighted by Crippen LogP contribution is 2.61. The van der Waals surface area contributed by atoms with Crippen LogP contribution in [0.3, 0.4) is 0 Å². The number of ether oxygens (including phenoxy) is 1. The third-order valence-corrected chi connectivity index (χ3v) is 13.3. The molecule has 2 amide bonds. The van der Waals surface area contributed by atoms with E-state index in [0.29, 0.717) is 36.1 Å². The number of allylic oxidation sites excluding steroid dienone is 5. The Labute approximate surface area is 333 Å². The summed E-state index contributed by atoms with van der Waals surface area (Å²) < 4.78 is 5.41.